The number of benzene rings is 1. The van der Waals surface area contributed by atoms with E-state index in [1.165, 1.54) is 11.1 Å². The number of hydrogen-bond donors (Lipinski definition) is 1. The minimum Gasteiger partial charge on any atom is -0.308 e. The second-order valence-corrected chi connectivity index (χ2v) is 8.08. The van der Waals surface area contributed by atoms with Crippen LogP contribution in [0.3, 0.4) is 0 Å². The van der Waals surface area contributed by atoms with E-state index >= 15 is 0 Å². The first-order chi connectivity index (χ1) is 8.97. The second-order valence-electron chi connectivity index (χ2n) is 4.21. The fraction of sp³-hybridized carbons (Fsp3) is 0.231. The molecule has 6 heteroatoms. The van der Waals surface area contributed by atoms with Crippen molar-refractivity contribution in [1.82, 2.24) is 5.32 Å². The third-order valence-electron chi connectivity index (χ3n) is 2.66. The minimum atomic E-state index is -3.11. The van der Waals surface area contributed by atoms with Crippen molar-refractivity contribution < 1.29 is 8.42 Å². The Hall–Kier alpha value is -0.690. The van der Waals surface area contributed by atoms with Gasteiger partial charge in [0.1, 0.15) is 0 Å². The summed E-state index contributed by atoms with van der Waals surface area (Å²) in [5, 5.41) is 5.38. The zero-order chi connectivity index (χ0) is 13.9. The highest BCUT2D eigenvalue weighted by Gasteiger charge is 2.06. The van der Waals surface area contributed by atoms with Gasteiger partial charge < -0.3 is 5.32 Å². The summed E-state index contributed by atoms with van der Waals surface area (Å²) in [7, 11) is -3.11. The van der Waals surface area contributed by atoms with Crippen LogP contribution in [0, 0.1) is 0 Å². The van der Waals surface area contributed by atoms with Gasteiger partial charge in [-0.1, -0.05) is 12.1 Å². The predicted octanol–water partition coefficient (Wildman–Crippen LogP) is 3.20. The van der Waals surface area contributed by atoms with Gasteiger partial charge in [0.05, 0.1) is 4.90 Å². The number of nitrogens with one attached hydrogen (secondary N) is 1. The molecule has 0 saturated heterocycles. The van der Waals surface area contributed by atoms with Crippen LogP contribution in [0.15, 0.2) is 45.1 Å². The second kappa shape index (κ2) is 6.17. The molecule has 0 aliphatic rings. The first-order valence-electron chi connectivity index (χ1n) is 5.68. The molecule has 0 radical (unpaired) electrons. The molecule has 1 aromatic carbocycles. The Kier molecular flexibility index (Phi) is 4.78. The molecule has 0 amide bonds. The predicted molar refractivity (Wildman–Crippen MR) is 82.1 cm³/mol. The largest absolute Gasteiger partial charge is 0.308 e. The summed E-state index contributed by atoms with van der Waals surface area (Å²) in [6, 6.07) is 9.00. The van der Waals surface area contributed by atoms with E-state index in [1.807, 2.05) is 23.6 Å². The lowest BCUT2D eigenvalue weighted by molar-refractivity contribution is 0.602. The Bertz CT molecular complexity index is 648. The molecule has 0 bridgehead atoms. The molecular formula is C13H14BrNO2S2. The normalized spacial score (nSPS) is 11.7. The van der Waals surface area contributed by atoms with Crippen LogP contribution in [-0.2, 0) is 22.9 Å². The Morgan fingerprint density at radius 1 is 1.16 bits per heavy atom. The van der Waals surface area contributed by atoms with Crippen molar-refractivity contribution in [3.8, 4) is 0 Å². The average molecular weight is 360 g/mol. The number of sulfone groups is 1. The van der Waals surface area contributed by atoms with Crippen LogP contribution in [0.5, 0.6) is 0 Å². The van der Waals surface area contributed by atoms with Crippen molar-refractivity contribution in [2.45, 2.75) is 18.0 Å². The van der Waals surface area contributed by atoms with Crippen LogP contribution in [0.2, 0.25) is 0 Å². The van der Waals surface area contributed by atoms with Crippen molar-refractivity contribution in [2.75, 3.05) is 6.26 Å². The molecule has 0 spiro atoms. The first kappa shape index (κ1) is 14.7. The lowest BCUT2D eigenvalue weighted by Crippen LogP contribution is -2.12. The third-order valence-corrected chi connectivity index (χ3v) is 5.71. The topological polar surface area (TPSA) is 46.2 Å². The zero-order valence-corrected chi connectivity index (χ0v) is 13.6. The van der Waals surface area contributed by atoms with Gasteiger partial charge in [-0.2, -0.15) is 0 Å². The lowest BCUT2D eigenvalue weighted by atomic mass is 10.2. The van der Waals surface area contributed by atoms with Crippen molar-refractivity contribution >= 4 is 37.1 Å². The van der Waals surface area contributed by atoms with E-state index in [0.717, 1.165) is 16.6 Å². The van der Waals surface area contributed by atoms with Gasteiger partial charge in [-0.15, -0.1) is 11.3 Å². The van der Waals surface area contributed by atoms with Crippen LogP contribution in [0.1, 0.15) is 10.4 Å². The van der Waals surface area contributed by atoms with Crippen molar-refractivity contribution in [1.29, 1.82) is 0 Å². The molecule has 2 rings (SSSR count). The molecule has 0 aliphatic heterocycles. The first-order valence-corrected chi connectivity index (χ1v) is 9.25. The summed E-state index contributed by atoms with van der Waals surface area (Å²) in [5.41, 5.74) is 1.07. The van der Waals surface area contributed by atoms with Gasteiger partial charge in [-0.05, 0) is 45.1 Å². The summed E-state index contributed by atoms with van der Waals surface area (Å²) >= 11 is 5.19. The highest BCUT2D eigenvalue weighted by Crippen LogP contribution is 2.22. The van der Waals surface area contributed by atoms with E-state index in [-0.39, 0.29) is 0 Å². The standard InChI is InChI=1S/C13H14BrNO2S2/c1-19(16,17)11-4-2-10(3-5-11)8-15-9-13-12(14)6-7-18-13/h2-7,15H,8-9H2,1H3. The molecule has 3 nitrogen and oxygen atoms in total. The summed E-state index contributed by atoms with van der Waals surface area (Å²) in [4.78, 5) is 1.62. The van der Waals surface area contributed by atoms with E-state index in [4.69, 9.17) is 0 Å². The van der Waals surface area contributed by atoms with Crippen LogP contribution >= 0.6 is 27.3 Å². The van der Waals surface area contributed by atoms with Gasteiger partial charge in [-0.25, -0.2) is 8.42 Å². The maximum atomic E-state index is 11.3. The monoisotopic (exact) mass is 359 g/mol. The molecule has 0 atom stereocenters. The molecule has 1 aromatic heterocycles. The van der Waals surface area contributed by atoms with Crippen LogP contribution in [0.4, 0.5) is 0 Å². The van der Waals surface area contributed by atoms with Crippen molar-refractivity contribution in [2.24, 2.45) is 0 Å². The molecule has 1 heterocycles. The maximum Gasteiger partial charge on any atom is 0.175 e. The molecule has 0 aliphatic carbocycles. The Labute approximate surface area is 125 Å². The molecule has 0 fully saturated rings. The van der Waals surface area contributed by atoms with Crippen LogP contribution < -0.4 is 5.32 Å². The highest BCUT2D eigenvalue weighted by atomic mass is 79.9. The quantitative estimate of drug-likeness (QED) is 0.891. The van der Waals surface area contributed by atoms with E-state index in [1.54, 1.807) is 23.5 Å². The molecule has 1 N–H and O–H groups in total. The number of hydrogen-bond acceptors (Lipinski definition) is 4. The van der Waals surface area contributed by atoms with Gasteiger partial charge in [0.15, 0.2) is 9.84 Å². The summed E-state index contributed by atoms with van der Waals surface area (Å²) < 4.78 is 23.8. The van der Waals surface area contributed by atoms with E-state index in [9.17, 15) is 8.42 Å². The summed E-state index contributed by atoms with van der Waals surface area (Å²) in [6.07, 6.45) is 1.22. The maximum absolute atomic E-state index is 11.3. The van der Waals surface area contributed by atoms with E-state index in [2.05, 4.69) is 21.2 Å². The fourth-order valence-electron chi connectivity index (χ4n) is 1.63. The third kappa shape index (κ3) is 4.14. The van der Waals surface area contributed by atoms with Crippen LogP contribution in [-0.4, -0.2) is 14.7 Å². The number of halogens is 1. The molecule has 0 saturated carbocycles. The fourth-order valence-corrected chi connectivity index (χ4v) is 3.72. The molecule has 0 unspecified atom stereocenters. The van der Waals surface area contributed by atoms with Gasteiger partial charge in [0, 0.05) is 28.7 Å². The summed E-state index contributed by atoms with van der Waals surface area (Å²) in [6.45, 7) is 1.51. The van der Waals surface area contributed by atoms with Gasteiger partial charge in [-0.3, -0.25) is 0 Å². The van der Waals surface area contributed by atoms with Gasteiger partial charge in [0.25, 0.3) is 0 Å². The minimum absolute atomic E-state index is 0.359. The van der Waals surface area contributed by atoms with Gasteiger partial charge >= 0.3 is 0 Å². The van der Waals surface area contributed by atoms with Crippen molar-refractivity contribution in [3.63, 3.8) is 0 Å². The lowest BCUT2D eigenvalue weighted by Gasteiger charge is -2.05. The van der Waals surface area contributed by atoms with E-state index in [0.29, 0.717) is 11.4 Å². The smallest absolute Gasteiger partial charge is 0.175 e. The number of rotatable bonds is 5. The summed E-state index contributed by atoms with van der Waals surface area (Å²) in [5.74, 6) is 0. The Morgan fingerprint density at radius 2 is 1.84 bits per heavy atom. The zero-order valence-electron chi connectivity index (χ0n) is 10.4. The van der Waals surface area contributed by atoms with E-state index < -0.39 is 9.84 Å². The molecular weight excluding hydrogens is 346 g/mol. The SMILES string of the molecule is CS(=O)(=O)c1ccc(CNCc2sccc2Br)cc1. The Morgan fingerprint density at radius 3 is 2.37 bits per heavy atom. The molecule has 19 heavy (non-hydrogen) atoms. The number of thiophene rings is 1. The molecule has 102 valence electrons. The van der Waals surface area contributed by atoms with Gasteiger partial charge in [0.2, 0.25) is 0 Å². The highest BCUT2D eigenvalue weighted by molar-refractivity contribution is 9.10. The average Bonchev–Trinajstić information content (AvgIpc) is 2.75. The molecule has 2 aromatic rings. The van der Waals surface area contributed by atoms with Crippen LogP contribution in [0.25, 0.3) is 0 Å². The van der Waals surface area contributed by atoms with Crippen molar-refractivity contribution in [3.05, 3.63) is 50.6 Å². The Balaban J connectivity index is 1.92.